The molecule has 19 rings (SSSR count). The van der Waals surface area contributed by atoms with Gasteiger partial charge in [-0.05, 0) is 124 Å². The molecular formula is C84H56F2N4O2. The van der Waals surface area contributed by atoms with E-state index in [4.69, 9.17) is 8.83 Å². The van der Waals surface area contributed by atoms with Crippen LogP contribution in [0.3, 0.4) is 0 Å². The van der Waals surface area contributed by atoms with Gasteiger partial charge in [-0.25, -0.2) is 8.78 Å². The summed E-state index contributed by atoms with van der Waals surface area (Å²) in [6, 6.07) is 91.5. The molecule has 0 spiro atoms. The standard InChI is InChI=1S/C84H56F2N4O2/c1-83(2,89-67-37-15-7-27-53(67)54-28-8-16-38-68(54)89)75-73(49-23-21-25-51(85)47-49)79(87-65-35-13-5-31-57(65)61-43-45-63-59-33-11-19-41-71(59)91-81(63)77(61)87)74(50-24-22-26-52(86)48-50)76(84(3,4)90-69-39-17-9-29-55(69)56-30-10-18-40-70(56)90)80(75)88-66-36-14-6-32-58(66)62-44-46-64-60-34-12-20-42-72(60)92-82(64)78(62)88/h5-48H,1-4H3. The predicted molar refractivity (Wildman–Crippen MR) is 376 cm³/mol. The fourth-order valence-corrected chi connectivity index (χ4v) is 16.4. The zero-order valence-electron chi connectivity index (χ0n) is 50.8. The fraction of sp³-hybridized carbons (Fsp3) is 0.0714. The number of hydrogen-bond donors (Lipinski definition) is 0. The van der Waals surface area contributed by atoms with Gasteiger partial charge < -0.3 is 27.1 Å². The van der Waals surface area contributed by atoms with Gasteiger partial charge in [0, 0.05) is 109 Å². The molecule has 0 unspecified atom stereocenters. The minimum absolute atomic E-state index is 0.402. The van der Waals surface area contributed by atoms with E-state index in [1.807, 2.05) is 36.4 Å². The van der Waals surface area contributed by atoms with E-state index >= 15 is 8.78 Å². The van der Waals surface area contributed by atoms with Crippen molar-refractivity contribution in [2.24, 2.45) is 0 Å². The lowest BCUT2D eigenvalue weighted by atomic mass is 9.74. The van der Waals surface area contributed by atoms with Gasteiger partial charge in [0.1, 0.15) is 22.8 Å². The van der Waals surface area contributed by atoms with Crippen LogP contribution in [0.25, 0.3) is 165 Å². The van der Waals surface area contributed by atoms with E-state index in [0.717, 1.165) is 159 Å². The monoisotopic (exact) mass is 1190 g/mol. The van der Waals surface area contributed by atoms with Crippen molar-refractivity contribution in [3.8, 4) is 33.6 Å². The molecule has 0 bridgehead atoms. The van der Waals surface area contributed by atoms with E-state index in [-0.39, 0.29) is 0 Å². The Bertz CT molecular complexity index is 6070. The molecule has 0 saturated heterocycles. The van der Waals surface area contributed by atoms with E-state index < -0.39 is 22.7 Å². The lowest BCUT2D eigenvalue weighted by Gasteiger charge is -2.42. The Labute approximate surface area is 526 Å². The second-order valence-electron chi connectivity index (χ2n) is 25.7. The van der Waals surface area contributed by atoms with Crippen molar-refractivity contribution in [3.63, 3.8) is 0 Å². The highest BCUT2D eigenvalue weighted by Gasteiger charge is 2.45. The molecule has 0 N–H and O–H groups in total. The van der Waals surface area contributed by atoms with Gasteiger partial charge in [-0.3, -0.25) is 0 Å². The Morgan fingerprint density at radius 3 is 0.957 bits per heavy atom. The normalized spacial score (nSPS) is 12.7. The number of hydrogen-bond acceptors (Lipinski definition) is 2. The molecule has 0 aliphatic rings. The predicted octanol–water partition coefficient (Wildman–Crippen LogP) is 23.1. The molecule has 0 atom stereocenters. The zero-order valence-corrected chi connectivity index (χ0v) is 50.8. The lowest BCUT2D eigenvalue weighted by molar-refractivity contribution is 0.447. The average Bonchev–Trinajstić information content (AvgIpc) is 1.35. The maximum Gasteiger partial charge on any atom is 0.160 e. The third kappa shape index (κ3) is 7.06. The lowest BCUT2D eigenvalue weighted by Crippen LogP contribution is -2.36. The molecule has 8 heteroatoms. The van der Waals surface area contributed by atoms with Crippen molar-refractivity contribution < 1.29 is 17.6 Å². The summed E-state index contributed by atoms with van der Waals surface area (Å²) in [6.07, 6.45) is 0. The first-order chi connectivity index (χ1) is 45.0. The number of benzene rings is 13. The second-order valence-corrected chi connectivity index (χ2v) is 25.7. The number of nitrogens with zero attached hydrogens (tertiary/aromatic N) is 4. The first-order valence-corrected chi connectivity index (χ1v) is 31.5. The van der Waals surface area contributed by atoms with Crippen LogP contribution in [0.15, 0.2) is 276 Å². The Balaban J connectivity index is 1.18. The Hall–Kier alpha value is -11.5. The Kier molecular flexibility index (Phi) is 10.8. The highest BCUT2D eigenvalue weighted by Crippen LogP contribution is 2.58. The number of furan rings is 2. The summed E-state index contributed by atoms with van der Waals surface area (Å²) in [4.78, 5) is 0. The molecule has 6 nitrogen and oxygen atoms in total. The molecule has 0 aliphatic carbocycles. The average molecular weight is 1190 g/mol. The largest absolute Gasteiger partial charge is 0.454 e. The third-order valence-electron chi connectivity index (χ3n) is 20.0. The molecule has 438 valence electrons. The summed E-state index contributed by atoms with van der Waals surface area (Å²) < 4.78 is 59.5. The Morgan fingerprint density at radius 1 is 0.283 bits per heavy atom. The third-order valence-corrected chi connectivity index (χ3v) is 20.0. The van der Waals surface area contributed by atoms with Gasteiger partial charge in [0.05, 0.1) is 44.5 Å². The van der Waals surface area contributed by atoms with Crippen molar-refractivity contribution in [2.75, 3.05) is 0 Å². The highest BCUT2D eigenvalue weighted by molar-refractivity contribution is 6.24. The molecule has 92 heavy (non-hydrogen) atoms. The van der Waals surface area contributed by atoms with E-state index in [0.29, 0.717) is 16.7 Å². The van der Waals surface area contributed by atoms with Crippen molar-refractivity contribution in [3.05, 3.63) is 290 Å². The summed E-state index contributed by atoms with van der Waals surface area (Å²) in [5.41, 5.74) is 14.4. The summed E-state index contributed by atoms with van der Waals surface area (Å²) in [7, 11) is 0. The van der Waals surface area contributed by atoms with Crippen LogP contribution in [-0.2, 0) is 11.1 Å². The maximum atomic E-state index is 17.5. The molecule has 6 heterocycles. The molecule has 19 aromatic rings. The SMILES string of the molecule is CC(C)(c1c(-c2cccc(F)c2)c(-n2c3ccccc3c3ccc4c5ccccc5oc4c32)c(-c2cccc(F)c2)c(C(C)(C)n2c3ccccc3c3ccccc32)c1-n1c2ccccc2c2ccc3c4ccccc4oc3c21)n1c2ccccc2c2ccccc21. The van der Waals surface area contributed by atoms with Gasteiger partial charge in [-0.1, -0.05) is 182 Å². The first-order valence-electron chi connectivity index (χ1n) is 31.5. The van der Waals surface area contributed by atoms with E-state index in [2.05, 4.69) is 252 Å². The van der Waals surface area contributed by atoms with Crippen molar-refractivity contribution in [2.45, 2.75) is 38.8 Å². The molecule has 0 amide bonds. The molecular weight excluding hydrogens is 1130 g/mol. The summed E-state index contributed by atoms with van der Waals surface area (Å²) in [5.74, 6) is -0.805. The van der Waals surface area contributed by atoms with Crippen LogP contribution >= 0.6 is 0 Å². The summed E-state index contributed by atoms with van der Waals surface area (Å²) in [5, 5.41) is 12.3. The smallest absolute Gasteiger partial charge is 0.160 e. The summed E-state index contributed by atoms with van der Waals surface area (Å²) >= 11 is 0. The van der Waals surface area contributed by atoms with Crippen LogP contribution in [0.4, 0.5) is 8.78 Å². The minimum atomic E-state index is -1.10. The van der Waals surface area contributed by atoms with Crippen LogP contribution in [0.1, 0.15) is 38.8 Å². The maximum absolute atomic E-state index is 17.5. The van der Waals surface area contributed by atoms with Gasteiger partial charge in [-0.2, -0.15) is 0 Å². The fourth-order valence-electron chi connectivity index (χ4n) is 16.4. The summed E-state index contributed by atoms with van der Waals surface area (Å²) in [6.45, 7) is 9.35. The highest BCUT2D eigenvalue weighted by atomic mass is 19.1. The molecule has 6 aromatic heterocycles. The van der Waals surface area contributed by atoms with Crippen molar-refractivity contribution >= 4 is 131 Å². The number of aromatic nitrogens is 4. The van der Waals surface area contributed by atoms with E-state index in [1.54, 1.807) is 12.1 Å². The van der Waals surface area contributed by atoms with E-state index in [1.165, 1.54) is 12.1 Å². The minimum Gasteiger partial charge on any atom is -0.454 e. The number of halogens is 2. The molecule has 0 fully saturated rings. The quantitative estimate of drug-likeness (QED) is 0.152. The van der Waals surface area contributed by atoms with Crippen LogP contribution in [0.2, 0.25) is 0 Å². The van der Waals surface area contributed by atoms with Gasteiger partial charge >= 0.3 is 0 Å². The van der Waals surface area contributed by atoms with Gasteiger partial charge in [0.2, 0.25) is 0 Å². The van der Waals surface area contributed by atoms with Crippen LogP contribution in [0.5, 0.6) is 0 Å². The van der Waals surface area contributed by atoms with Crippen molar-refractivity contribution in [1.29, 1.82) is 0 Å². The molecule has 0 aliphatic heterocycles. The van der Waals surface area contributed by atoms with Crippen molar-refractivity contribution in [1.82, 2.24) is 18.3 Å². The van der Waals surface area contributed by atoms with Crippen LogP contribution in [0, 0.1) is 11.6 Å². The Morgan fingerprint density at radius 2 is 0.587 bits per heavy atom. The topological polar surface area (TPSA) is 46.0 Å². The zero-order chi connectivity index (χ0) is 61.5. The molecule has 13 aromatic carbocycles. The van der Waals surface area contributed by atoms with Crippen LogP contribution < -0.4 is 0 Å². The molecule has 0 radical (unpaired) electrons. The number of fused-ring (bicyclic) bond motifs is 20. The molecule has 0 saturated carbocycles. The van der Waals surface area contributed by atoms with Gasteiger partial charge in [-0.15, -0.1) is 0 Å². The van der Waals surface area contributed by atoms with Gasteiger partial charge in [0.25, 0.3) is 0 Å². The second kappa shape index (κ2) is 19.0. The van der Waals surface area contributed by atoms with Gasteiger partial charge in [0.15, 0.2) is 11.2 Å². The first kappa shape index (κ1) is 52.5. The van der Waals surface area contributed by atoms with Crippen LogP contribution in [-0.4, -0.2) is 18.3 Å². The van der Waals surface area contributed by atoms with E-state index in [9.17, 15) is 0 Å². The number of para-hydroxylation sites is 8. The number of rotatable bonds is 8.